The fraction of sp³-hybridized carbons (Fsp3) is 0.200. The smallest absolute Gasteiger partial charge is 0.339 e. The first-order chi connectivity index (χ1) is 7.10. The first kappa shape index (κ1) is 12.5. The van der Waals surface area contributed by atoms with E-state index in [1.54, 1.807) is 19.1 Å². The van der Waals surface area contributed by atoms with Crippen LogP contribution in [0.3, 0.4) is 0 Å². The molecule has 15 heavy (non-hydrogen) atoms. The van der Waals surface area contributed by atoms with E-state index in [0.29, 0.717) is 22.2 Å². The van der Waals surface area contributed by atoms with E-state index in [4.69, 9.17) is 10.00 Å². The van der Waals surface area contributed by atoms with Gasteiger partial charge in [0, 0.05) is 8.04 Å². The van der Waals surface area contributed by atoms with Gasteiger partial charge in [0.25, 0.3) is 0 Å². The van der Waals surface area contributed by atoms with Crippen molar-refractivity contribution in [3.8, 4) is 6.07 Å². The van der Waals surface area contributed by atoms with Crippen LogP contribution in [0.2, 0.25) is 0 Å². The molecule has 0 spiro atoms. The van der Waals surface area contributed by atoms with Gasteiger partial charge < -0.3 is 4.74 Å². The SMILES string of the molecule is CCOC(=O)c1cc(I)cc(C#N)c1Br. The highest BCUT2D eigenvalue weighted by molar-refractivity contribution is 14.1. The molecule has 0 unspecified atom stereocenters. The van der Waals surface area contributed by atoms with Gasteiger partial charge in [0.1, 0.15) is 6.07 Å². The van der Waals surface area contributed by atoms with Gasteiger partial charge in [0.15, 0.2) is 0 Å². The second kappa shape index (κ2) is 5.47. The Balaban J connectivity index is 3.24. The molecule has 1 aromatic rings. The highest BCUT2D eigenvalue weighted by Gasteiger charge is 2.15. The van der Waals surface area contributed by atoms with Crippen LogP contribution in [-0.2, 0) is 4.74 Å². The number of nitriles is 1. The molecule has 0 fully saturated rings. The summed E-state index contributed by atoms with van der Waals surface area (Å²) < 4.78 is 6.20. The van der Waals surface area contributed by atoms with E-state index in [1.165, 1.54) is 0 Å². The number of rotatable bonds is 2. The molecule has 0 bridgehead atoms. The third kappa shape index (κ3) is 2.92. The maximum absolute atomic E-state index is 11.5. The zero-order valence-electron chi connectivity index (χ0n) is 7.88. The molecule has 0 amide bonds. The lowest BCUT2D eigenvalue weighted by Crippen LogP contribution is -2.06. The second-order valence-electron chi connectivity index (χ2n) is 2.65. The normalized spacial score (nSPS) is 9.47. The zero-order valence-corrected chi connectivity index (χ0v) is 11.6. The van der Waals surface area contributed by atoms with Crippen molar-refractivity contribution >= 4 is 44.5 Å². The van der Waals surface area contributed by atoms with Crippen molar-refractivity contribution in [1.82, 2.24) is 0 Å². The molecule has 0 N–H and O–H groups in total. The van der Waals surface area contributed by atoms with Gasteiger partial charge in [-0.1, -0.05) is 0 Å². The summed E-state index contributed by atoms with van der Waals surface area (Å²) in [6, 6.07) is 5.40. The summed E-state index contributed by atoms with van der Waals surface area (Å²) >= 11 is 5.27. The molecule has 1 rings (SSSR count). The number of esters is 1. The monoisotopic (exact) mass is 379 g/mol. The number of halogens is 2. The molecule has 5 heteroatoms. The number of hydrogen-bond donors (Lipinski definition) is 0. The third-order valence-electron chi connectivity index (χ3n) is 1.65. The van der Waals surface area contributed by atoms with E-state index in [-0.39, 0.29) is 0 Å². The van der Waals surface area contributed by atoms with Gasteiger partial charge in [-0.15, -0.1) is 0 Å². The van der Waals surface area contributed by atoms with Crippen molar-refractivity contribution in [2.75, 3.05) is 6.61 Å². The summed E-state index contributed by atoms with van der Waals surface area (Å²) in [6.07, 6.45) is 0. The van der Waals surface area contributed by atoms with Gasteiger partial charge in [-0.25, -0.2) is 4.79 Å². The molecule has 0 saturated carbocycles. The lowest BCUT2D eigenvalue weighted by Gasteiger charge is -2.06. The van der Waals surface area contributed by atoms with Crippen molar-refractivity contribution in [2.24, 2.45) is 0 Å². The van der Waals surface area contributed by atoms with Crippen LogP contribution in [0.4, 0.5) is 0 Å². The molecule has 0 heterocycles. The molecule has 0 aliphatic rings. The van der Waals surface area contributed by atoms with Crippen molar-refractivity contribution in [3.05, 3.63) is 31.3 Å². The lowest BCUT2D eigenvalue weighted by molar-refractivity contribution is 0.0525. The van der Waals surface area contributed by atoms with Crippen LogP contribution in [0.5, 0.6) is 0 Å². The molecule has 0 saturated heterocycles. The summed E-state index contributed by atoms with van der Waals surface area (Å²) in [5.74, 6) is -0.417. The maximum atomic E-state index is 11.5. The average molecular weight is 380 g/mol. The van der Waals surface area contributed by atoms with E-state index in [0.717, 1.165) is 3.57 Å². The van der Waals surface area contributed by atoms with Gasteiger partial charge in [-0.2, -0.15) is 5.26 Å². The molecule has 1 aromatic carbocycles. The summed E-state index contributed by atoms with van der Waals surface area (Å²) in [4.78, 5) is 11.5. The Labute approximate surface area is 110 Å². The van der Waals surface area contributed by atoms with Crippen LogP contribution in [0.25, 0.3) is 0 Å². The van der Waals surface area contributed by atoms with Gasteiger partial charge in [0.05, 0.1) is 17.7 Å². The first-order valence-corrected chi connectivity index (χ1v) is 6.03. The number of benzene rings is 1. The van der Waals surface area contributed by atoms with Gasteiger partial charge in [0.2, 0.25) is 0 Å². The maximum Gasteiger partial charge on any atom is 0.339 e. The fourth-order valence-electron chi connectivity index (χ4n) is 1.03. The Bertz CT molecular complexity index is 440. The van der Waals surface area contributed by atoms with Crippen LogP contribution in [0.1, 0.15) is 22.8 Å². The van der Waals surface area contributed by atoms with E-state index in [2.05, 4.69) is 38.5 Å². The number of ether oxygens (including phenoxy) is 1. The Morgan fingerprint density at radius 3 is 2.87 bits per heavy atom. The van der Waals surface area contributed by atoms with Gasteiger partial charge in [-0.05, 0) is 57.6 Å². The Morgan fingerprint density at radius 1 is 1.67 bits per heavy atom. The van der Waals surface area contributed by atoms with Crippen LogP contribution in [0, 0.1) is 14.9 Å². The molecule has 0 atom stereocenters. The van der Waals surface area contributed by atoms with Crippen molar-refractivity contribution in [3.63, 3.8) is 0 Å². The lowest BCUT2D eigenvalue weighted by atomic mass is 10.1. The Morgan fingerprint density at radius 2 is 2.33 bits per heavy atom. The molecular formula is C10H7BrINO2. The highest BCUT2D eigenvalue weighted by Crippen LogP contribution is 2.25. The average Bonchev–Trinajstić information content (AvgIpc) is 2.21. The van der Waals surface area contributed by atoms with Crippen molar-refractivity contribution in [2.45, 2.75) is 6.92 Å². The summed E-state index contributed by atoms with van der Waals surface area (Å²) in [5.41, 5.74) is 0.824. The van der Waals surface area contributed by atoms with Crippen molar-refractivity contribution < 1.29 is 9.53 Å². The molecule has 78 valence electrons. The number of nitrogens with zero attached hydrogens (tertiary/aromatic N) is 1. The van der Waals surface area contributed by atoms with E-state index >= 15 is 0 Å². The summed E-state index contributed by atoms with van der Waals surface area (Å²) in [6.45, 7) is 2.06. The Hall–Kier alpha value is -0.610. The van der Waals surface area contributed by atoms with E-state index in [9.17, 15) is 4.79 Å². The van der Waals surface area contributed by atoms with Crippen LogP contribution in [0.15, 0.2) is 16.6 Å². The molecule has 3 nitrogen and oxygen atoms in total. The number of hydrogen-bond acceptors (Lipinski definition) is 3. The zero-order chi connectivity index (χ0) is 11.4. The molecule has 0 aliphatic carbocycles. The third-order valence-corrected chi connectivity index (χ3v) is 3.13. The topological polar surface area (TPSA) is 50.1 Å². The van der Waals surface area contributed by atoms with E-state index < -0.39 is 5.97 Å². The van der Waals surface area contributed by atoms with Crippen LogP contribution in [-0.4, -0.2) is 12.6 Å². The van der Waals surface area contributed by atoms with Crippen LogP contribution < -0.4 is 0 Å². The predicted molar refractivity (Wildman–Crippen MR) is 67.5 cm³/mol. The number of carbonyl (C=O) groups is 1. The predicted octanol–water partition coefficient (Wildman–Crippen LogP) is 3.10. The first-order valence-electron chi connectivity index (χ1n) is 4.16. The largest absolute Gasteiger partial charge is 0.462 e. The number of carbonyl (C=O) groups excluding carboxylic acids is 1. The van der Waals surface area contributed by atoms with Crippen LogP contribution >= 0.6 is 38.5 Å². The molecule has 0 aliphatic heterocycles. The second-order valence-corrected chi connectivity index (χ2v) is 4.69. The quantitative estimate of drug-likeness (QED) is 0.586. The van der Waals surface area contributed by atoms with E-state index in [1.807, 2.05) is 6.07 Å². The summed E-state index contributed by atoms with van der Waals surface area (Å²) in [5, 5.41) is 8.84. The highest BCUT2D eigenvalue weighted by atomic mass is 127. The minimum atomic E-state index is -0.417. The fourth-order valence-corrected chi connectivity index (χ4v) is 2.13. The standard InChI is InChI=1S/C10H7BrINO2/c1-2-15-10(14)8-4-7(12)3-6(5-13)9(8)11/h3-4H,2H2,1H3. The summed E-state index contributed by atoms with van der Waals surface area (Å²) in [7, 11) is 0. The van der Waals surface area contributed by atoms with Gasteiger partial charge in [-0.3, -0.25) is 0 Å². The molecular weight excluding hydrogens is 373 g/mol. The molecule has 0 aromatic heterocycles. The van der Waals surface area contributed by atoms with Gasteiger partial charge >= 0.3 is 5.97 Å². The minimum absolute atomic E-state index is 0.318. The Kier molecular flexibility index (Phi) is 4.54. The molecule has 0 radical (unpaired) electrons. The van der Waals surface area contributed by atoms with Crippen molar-refractivity contribution in [1.29, 1.82) is 5.26 Å². The minimum Gasteiger partial charge on any atom is -0.462 e.